The van der Waals surface area contributed by atoms with E-state index in [9.17, 15) is 4.39 Å². The monoisotopic (exact) mass is 827 g/mol. The molecule has 0 saturated carbocycles. The second-order valence-corrected chi connectivity index (χ2v) is 18.5. The molecule has 1 radical (unpaired) electrons. The van der Waals surface area contributed by atoms with Crippen LogP contribution in [0.1, 0.15) is 32.3 Å². The zero-order valence-corrected chi connectivity index (χ0v) is 31.5. The van der Waals surface area contributed by atoms with Gasteiger partial charge in [0.05, 0.1) is 13.7 Å². The van der Waals surface area contributed by atoms with E-state index in [1.165, 1.54) is 16.8 Å². The molecule has 0 aliphatic heterocycles. The van der Waals surface area contributed by atoms with E-state index in [1.807, 2.05) is 73.1 Å². The molecule has 0 fully saturated rings. The van der Waals surface area contributed by atoms with Crippen LogP contribution < -0.4 is 5.19 Å². The normalized spacial score (nSPS) is 12.0. The standard InChI is InChI=1S/C28H23FNO.C14H16NSi.Ir/c1-17(2)18(3)19-12-13-30-26(15-19)21-8-10-23-24-14-20(22-6-4-5-7-25(22)29)9-11-27(24)31-28(23)16-21;1-16(2,3)13-9-10-14(15-11-13)12-7-5-4-6-8-12;/h4-15,17-18H,1-3H3;4-7,9-11H,1-3H3;/q2*-1;. The smallest absolute Gasteiger partial charge is 0.131 e. The number of aromatic nitrogens is 2. The van der Waals surface area contributed by atoms with Crippen molar-refractivity contribution < 1.29 is 28.9 Å². The van der Waals surface area contributed by atoms with E-state index in [2.05, 4.69) is 86.8 Å². The van der Waals surface area contributed by atoms with Gasteiger partial charge in [-0.1, -0.05) is 106 Å². The molecule has 0 spiro atoms. The van der Waals surface area contributed by atoms with Crippen LogP contribution in [0, 0.1) is 23.9 Å². The van der Waals surface area contributed by atoms with Crippen LogP contribution in [0.4, 0.5) is 4.39 Å². The fourth-order valence-corrected chi connectivity index (χ4v) is 6.56. The Morgan fingerprint density at radius 3 is 2.23 bits per heavy atom. The van der Waals surface area contributed by atoms with Gasteiger partial charge in [-0.2, -0.15) is 0 Å². The molecule has 48 heavy (non-hydrogen) atoms. The topological polar surface area (TPSA) is 38.9 Å². The summed E-state index contributed by atoms with van der Waals surface area (Å²) in [6.45, 7) is 13.7. The van der Waals surface area contributed by atoms with Crippen molar-refractivity contribution in [2.24, 2.45) is 5.92 Å². The minimum Gasteiger partial charge on any atom is -0.477 e. The summed E-state index contributed by atoms with van der Waals surface area (Å²) in [7, 11) is -1.23. The van der Waals surface area contributed by atoms with Gasteiger partial charge in [0.15, 0.2) is 0 Å². The molecule has 1 atom stereocenters. The van der Waals surface area contributed by atoms with Crippen LogP contribution in [0.3, 0.4) is 0 Å². The van der Waals surface area contributed by atoms with Crippen molar-refractivity contribution >= 4 is 35.2 Å². The Balaban J connectivity index is 0.000000224. The van der Waals surface area contributed by atoms with Gasteiger partial charge in [-0.25, -0.2) is 4.39 Å². The Morgan fingerprint density at radius 1 is 0.750 bits per heavy atom. The van der Waals surface area contributed by atoms with Crippen LogP contribution in [-0.4, -0.2) is 18.0 Å². The minimum absolute atomic E-state index is 0. The summed E-state index contributed by atoms with van der Waals surface area (Å²) in [6, 6.07) is 39.7. The zero-order chi connectivity index (χ0) is 33.1. The Labute approximate surface area is 297 Å². The average molecular weight is 827 g/mol. The number of halogens is 1. The first-order valence-electron chi connectivity index (χ1n) is 16.1. The largest absolute Gasteiger partial charge is 0.477 e. The third-order valence-electron chi connectivity index (χ3n) is 8.78. The predicted octanol–water partition coefficient (Wildman–Crippen LogP) is 11.1. The van der Waals surface area contributed by atoms with Crippen molar-refractivity contribution in [1.29, 1.82) is 0 Å². The number of furan rings is 1. The predicted molar refractivity (Wildman–Crippen MR) is 196 cm³/mol. The maximum atomic E-state index is 14.3. The Bertz CT molecular complexity index is 2140. The van der Waals surface area contributed by atoms with Crippen molar-refractivity contribution in [2.45, 2.75) is 46.3 Å². The van der Waals surface area contributed by atoms with Gasteiger partial charge in [0, 0.05) is 38.1 Å². The molecule has 6 heteroatoms. The van der Waals surface area contributed by atoms with Crippen LogP contribution in [0.25, 0.3) is 55.6 Å². The fourth-order valence-electron chi connectivity index (χ4n) is 5.53. The number of hydrogen-bond acceptors (Lipinski definition) is 3. The van der Waals surface area contributed by atoms with Crippen molar-refractivity contribution in [1.82, 2.24) is 9.97 Å². The number of fused-ring (bicyclic) bond motifs is 3. The molecule has 0 N–H and O–H groups in total. The van der Waals surface area contributed by atoms with Crippen molar-refractivity contribution in [3.05, 3.63) is 139 Å². The van der Waals surface area contributed by atoms with Crippen LogP contribution in [0.2, 0.25) is 19.6 Å². The van der Waals surface area contributed by atoms with Gasteiger partial charge >= 0.3 is 0 Å². The number of pyridine rings is 2. The van der Waals surface area contributed by atoms with E-state index in [0.29, 0.717) is 23.0 Å². The molecule has 1 unspecified atom stereocenters. The summed E-state index contributed by atoms with van der Waals surface area (Å²) in [4.78, 5) is 9.08. The number of rotatable bonds is 6. The second-order valence-electron chi connectivity index (χ2n) is 13.4. The van der Waals surface area contributed by atoms with E-state index in [0.717, 1.165) is 44.4 Å². The van der Waals surface area contributed by atoms with Crippen LogP contribution >= 0.6 is 0 Å². The average Bonchev–Trinajstić information content (AvgIpc) is 3.46. The Kier molecular flexibility index (Phi) is 10.9. The molecule has 3 aromatic heterocycles. The van der Waals surface area contributed by atoms with Crippen LogP contribution in [0.15, 0.2) is 120 Å². The van der Waals surface area contributed by atoms with E-state index in [4.69, 9.17) is 4.42 Å². The molecular formula is C42H39FIrN2OSi-2. The summed E-state index contributed by atoms with van der Waals surface area (Å²) in [5, 5.41) is 3.31. The van der Waals surface area contributed by atoms with E-state index >= 15 is 0 Å². The second kappa shape index (κ2) is 14.9. The van der Waals surface area contributed by atoms with Gasteiger partial charge in [-0.3, -0.25) is 0 Å². The number of nitrogens with zero attached hydrogens (tertiary/aromatic N) is 2. The quantitative estimate of drug-likeness (QED) is 0.124. The van der Waals surface area contributed by atoms with E-state index in [1.54, 1.807) is 12.1 Å². The molecule has 3 heterocycles. The molecule has 3 nitrogen and oxygen atoms in total. The number of benzene rings is 4. The van der Waals surface area contributed by atoms with Gasteiger partial charge in [0.25, 0.3) is 0 Å². The summed E-state index contributed by atoms with van der Waals surface area (Å²) < 4.78 is 20.3. The SMILES string of the molecule is CC(C)C(C)c1ccnc(-c2[c-]c3oc4ccc(-c5ccccc5F)cc4c3cc2)c1.C[Si](C)(C)c1ccc(-c2[c-]cccc2)nc1.[Ir]. The number of hydrogen-bond donors (Lipinski definition) is 0. The first-order chi connectivity index (χ1) is 22.6. The molecule has 245 valence electrons. The van der Waals surface area contributed by atoms with Gasteiger partial charge in [0.2, 0.25) is 0 Å². The summed E-state index contributed by atoms with van der Waals surface area (Å²) in [5.41, 5.74) is 7.98. The third-order valence-corrected chi connectivity index (χ3v) is 10.8. The first-order valence-corrected chi connectivity index (χ1v) is 19.6. The summed E-state index contributed by atoms with van der Waals surface area (Å²) in [6.07, 6.45) is 3.88. The molecule has 0 saturated heterocycles. The first kappa shape index (κ1) is 35.1. The Hall–Kier alpha value is -4.22. The van der Waals surface area contributed by atoms with Gasteiger partial charge in [-0.15, -0.1) is 53.6 Å². The molecule has 7 rings (SSSR count). The van der Waals surface area contributed by atoms with E-state index < -0.39 is 8.07 Å². The van der Waals surface area contributed by atoms with Crippen LogP contribution in [-0.2, 0) is 20.1 Å². The zero-order valence-electron chi connectivity index (χ0n) is 28.1. The molecule has 0 aliphatic carbocycles. The maximum Gasteiger partial charge on any atom is 0.131 e. The molecule has 0 aliphatic rings. The summed E-state index contributed by atoms with van der Waals surface area (Å²) >= 11 is 0. The summed E-state index contributed by atoms with van der Waals surface area (Å²) in [5.74, 6) is 0.777. The van der Waals surface area contributed by atoms with Crippen LogP contribution in [0.5, 0.6) is 0 Å². The maximum absolute atomic E-state index is 14.3. The molecule has 7 aromatic rings. The van der Waals surface area contributed by atoms with Gasteiger partial charge < -0.3 is 14.4 Å². The van der Waals surface area contributed by atoms with Crippen molar-refractivity contribution in [2.75, 3.05) is 0 Å². The van der Waals surface area contributed by atoms with Crippen molar-refractivity contribution in [3.8, 4) is 33.6 Å². The Morgan fingerprint density at radius 2 is 1.54 bits per heavy atom. The van der Waals surface area contributed by atoms with E-state index in [-0.39, 0.29) is 25.9 Å². The molecule has 0 bridgehead atoms. The molecular weight excluding hydrogens is 788 g/mol. The van der Waals surface area contributed by atoms with Crippen molar-refractivity contribution in [3.63, 3.8) is 0 Å². The molecule has 0 amide bonds. The van der Waals surface area contributed by atoms with Gasteiger partial charge in [-0.05, 0) is 57.6 Å². The van der Waals surface area contributed by atoms with Gasteiger partial charge in [0.1, 0.15) is 11.4 Å². The fraction of sp³-hybridized carbons (Fsp3) is 0.190. The third kappa shape index (κ3) is 7.73. The minimum atomic E-state index is -1.23. The molecule has 4 aromatic carbocycles.